The highest BCUT2D eigenvalue weighted by molar-refractivity contribution is 7.89. The summed E-state index contributed by atoms with van der Waals surface area (Å²) in [6, 6.07) is 2.62. The number of sulfonamides is 1. The molecular formula is C17H20Cl2N2O4S. The Morgan fingerprint density at radius 2 is 1.65 bits per heavy atom. The topological polar surface area (TPSA) is 66.9 Å². The van der Waals surface area contributed by atoms with Crippen LogP contribution < -0.4 is 0 Å². The van der Waals surface area contributed by atoms with Crippen LogP contribution in [0.4, 0.5) is 0 Å². The molecule has 2 aliphatic heterocycles. The molecule has 2 fully saturated rings. The van der Waals surface area contributed by atoms with Crippen LogP contribution in [0.3, 0.4) is 0 Å². The van der Waals surface area contributed by atoms with Crippen LogP contribution in [0.2, 0.25) is 10.0 Å². The van der Waals surface area contributed by atoms with Gasteiger partial charge in [-0.25, -0.2) is 8.42 Å². The molecule has 9 heteroatoms. The van der Waals surface area contributed by atoms with E-state index in [2.05, 4.69) is 6.58 Å². The zero-order valence-corrected chi connectivity index (χ0v) is 16.5. The number of ether oxygens (including phenoxy) is 1. The van der Waals surface area contributed by atoms with Gasteiger partial charge in [0.2, 0.25) is 10.0 Å². The second kappa shape index (κ2) is 7.86. The molecule has 3 rings (SSSR count). The standard InChI is InChI=1S/C17H20Cl2N2O4S/c1-12-2-4-20(5-3-12)17(22)13-10-16(15(19)11-14(13)18)26(23,24)21-6-8-25-9-7-21/h10-11H,1-9H2. The average Bonchev–Trinajstić information content (AvgIpc) is 2.62. The van der Waals surface area contributed by atoms with Crippen LogP contribution in [0.15, 0.2) is 29.2 Å². The van der Waals surface area contributed by atoms with Crippen molar-refractivity contribution >= 4 is 39.1 Å². The Labute approximate surface area is 163 Å². The van der Waals surface area contributed by atoms with E-state index < -0.39 is 10.0 Å². The Hall–Kier alpha value is -1.12. The van der Waals surface area contributed by atoms with Crippen LogP contribution in [0.5, 0.6) is 0 Å². The lowest BCUT2D eigenvalue weighted by Gasteiger charge is -2.29. The molecule has 142 valence electrons. The second-order valence-electron chi connectivity index (χ2n) is 6.32. The van der Waals surface area contributed by atoms with E-state index >= 15 is 0 Å². The first-order valence-corrected chi connectivity index (χ1v) is 10.5. The molecule has 0 radical (unpaired) electrons. The number of piperidine rings is 1. The minimum Gasteiger partial charge on any atom is -0.379 e. The maximum absolute atomic E-state index is 12.9. The molecule has 0 saturated carbocycles. The van der Waals surface area contributed by atoms with E-state index in [1.165, 1.54) is 16.4 Å². The van der Waals surface area contributed by atoms with Gasteiger partial charge >= 0.3 is 0 Å². The van der Waals surface area contributed by atoms with Crippen molar-refractivity contribution < 1.29 is 17.9 Å². The summed E-state index contributed by atoms with van der Waals surface area (Å²) in [6.07, 6.45) is 1.46. The molecule has 0 aromatic heterocycles. The Bertz CT molecular complexity index is 825. The van der Waals surface area contributed by atoms with E-state index in [9.17, 15) is 13.2 Å². The normalized spacial score (nSPS) is 19.6. The molecule has 0 unspecified atom stereocenters. The van der Waals surface area contributed by atoms with Crippen LogP contribution in [-0.2, 0) is 14.8 Å². The minimum atomic E-state index is -3.83. The number of halogens is 2. The van der Waals surface area contributed by atoms with Gasteiger partial charge in [-0.2, -0.15) is 4.31 Å². The summed E-state index contributed by atoms with van der Waals surface area (Å²) >= 11 is 12.4. The highest BCUT2D eigenvalue weighted by Gasteiger charge is 2.31. The van der Waals surface area contributed by atoms with Crippen molar-refractivity contribution in [3.8, 4) is 0 Å². The van der Waals surface area contributed by atoms with Gasteiger partial charge in [0, 0.05) is 26.2 Å². The Kier molecular flexibility index (Phi) is 5.94. The van der Waals surface area contributed by atoms with Crippen molar-refractivity contribution in [2.24, 2.45) is 0 Å². The first kappa shape index (κ1) is 19.6. The van der Waals surface area contributed by atoms with Crippen LogP contribution in [0.25, 0.3) is 0 Å². The van der Waals surface area contributed by atoms with Crippen LogP contribution in [0, 0.1) is 0 Å². The first-order valence-electron chi connectivity index (χ1n) is 8.33. The molecule has 1 aromatic rings. The smallest absolute Gasteiger partial charge is 0.255 e. The zero-order valence-electron chi connectivity index (χ0n) is 14.2. The van der Waals surface area contributed by atoms with Gasteiger partial charge in [0.15, 0.2) is 0 Å². The zero-order chi connectivity index (χ0) is 18.9. The lowest BCUT2D eigenvalue weighted by molar-refractivity contribution is 0.0729. The number of nitrogens with zero attached hydrogens (tertiary/aromatic N) is 2. The molecule has 6 nitrogen and oxygen atoms in total. The van der Waals surface area contributed by atoms with Crippen molar-refractivity contribution in [2.75, 3.05) is 39.4 Å². The molecule has 0 aliphatic carbocycles. The molecule has 2 aliphatic rings. The summed E-state index contributed by atoms with van der Waals surface area (Å²) < 4.78 is 32.4. The number of carbonyl (C=O) groups excluding carboxylic acids is 1. The Balaban J connectivity index is 1.94. The number of morpholine rings is 1. The lowest BCUT2D eigenvalue weighted by Crippen LogP contribution is -2.41. The predicted molar refractivity (Wildman–Crippen MR) is 100 cm³/mol. The van der Waals surface area contributed by atoms with Crippen LogP contribution in [-0.4, -0.2) is 62.9 Å². The predicted octanol–water partition coefficient (Wildman–Crippen LogP) is 2.81. The van der Waals surface area contributed by atoms with Gasteiger partial charge in [-0.05, 0) is 25.0 Å². The number of likely N-dealkylation sites (tertiary alicyclic amines) is 1. The van der Waals surface area contributed by atoms with Gasteiger partial charge in [0.1, 0.15) is 4.90 Å². The summed E-state index contributed by atoms with van der Waals surface area (Å²) in [4.78, 5) is 14.4. The third-order valence-electron chi connectivity index (χ3n) is 4.60. The second-order valence-corrected chi connectivity index (χ2v) is 9.04. The van der Waals surface area contributed by atoms with Crippen molar-refractivity contribution in [3.63, 3.8) is 0 Å². The van der Waals surface area contributed by atoms with Gasteiger partial charge in [0.25, 0.3) is 5.91 Å². The van der Waals surface area contributed by atoms with Crippen molar-refractivity contribution in [1.82, 2.24) is 9.21 Å². The largest absolute Gasteiger partial charge is 0.379 e. The molecule has 0 spiro atoms. The third-order valence-corrected chi connectivity index (χ3v) is 7.27. The molecule has 1 amide bonds. The van der Waals surface area contributed by atoms with E-state index in [0.29, 0.717) is 26.3 Å². The molecule has 0 atom stereocenters. The molecular weight excluding hydrogens is 399 g/mol. The monoisotopic (exact) mass is 418 g/mol. The van der Waals surface area contributed by atoms with Crippen LogP contribution >= 0.6 is 23.2 Å². The van der Waals surface area contributed by atoms with Crippen molar-refractivity contribution in [2.45, 2.75) is 17.7 Å². The molecule has 2 saturated heterocycles. The van der Waals surface area contributed by atoms with Gasteiger partial charge in [-0.1, -0.05) is 35.4 Å². The average molecular weight is 419 g/mol. The number of hydrogen-bond donors (Lipinski definition) is 0. The maximum atomic E-state index is 12.9. The van der Waals surface area contributed by atoms with Gasteiger partial charge < -0.3 is 9.64 Å². The highest BCUT2D eigenvalue weighted by Crippen LogP contribution is 2.32. The summed E-state index contributed by atoms with van der Waals surface area (Å²) in [5, 5.41) is 0.149. The Morgan fingerprint density at radius 3 is 2.27 bits per heavy atom. The number of hydrogen-bond acceptors (Lipinski definition) is 4. The summed E-state index contributed by atoms with van der Waals surface area (Å²) in [5.41, 5.74) is 1.25. The van der Waals surface area contributed by atoms with Gasteiger partial charge in [-0.3, -0.25) is 4.79 Å². The van der Waals surface area contributed by atoms with E-state index in [1.54, 1.807) is 4.90 Å². The number of amides is 1. The fourth-order valence-corrected chi connectivity index (χ4v) is 5.25. The molecule has 26 heavy (non-hydrogen) atoms. The van der Waals surface area contributed by atoms with Gasteiger partial charge in [-0.15, -0.1) is 0 Å². The number of rotatable bonds is 3. The SMILES string of the molecule is C=C1CCN(C(=O)c2cc(S(=O)(=O)N3CCOCC3)c(Cl)cc2Cl)CC1. The Morgan fingerprint density at radius 1 is 1.04 bits per heavy atom. The minimum absolute atomic E-state index is 0.00469. The van der Waals surface area contributed by atoms with Gasteiger partial charge in [0.05, 0.1) is 28.8 Å². The lowest BCUT2D eigenvalue weighted by atomic mass is 10.0. The van der Waals surface area contributed by atoms with E-state index in [1.807, 2.05) is 0 Å². The fourth-order valence-electron chi connectivity index (χ4n) is 3.01. The number of benzene rings is 1. The highest BCUT2D eigenvalue weighted by atomic mass is 35.5. The van der Waals surface area contributed by atoms with E-state index in [4.69, 9.17) is 27.9 Å². The molecule has 0 N–H and O–H groups in total. The number of carbonyl (C=O) groups is 1. The van der Waals surface area contributed by atoms with Crippen LogP contribution in [0.1, 0.15) is 23.2 Å². The molecule has 0 bridgehead atoms. The molecule has 2 heterocycles. The summed E-state index contributed by atoms with van der Waals surface area (Å²) in [5.74, 6) is -0.294. The van der Waals surface area contributed by atoms with E-state index in [0.717, 1.165) is 18.4 Å². The van der Waals surface area contributed by atoms with Crippen molar-refractivity contribution in [3.05, 3.63) is 39.9 Å². The first-order chi connectivity index (χ1) is 12.3. The summed E-state index contributed by atoms with van der Waals surface area (Å²) in [7, 11) is -3.83. The quantitative estimate of drug-likeness (QED) is 0.707. The van der Waals surface area contributed by atoms with E-state index in [-0.39, 0.29) is 39.5 Å². The summed E-state index contributed by atoms with van der Waals surface area (Å²) in [6.45, 7) is 6.17. The third kappa shape index (κ3) is 3.92. The fraction of sp³-hybridized carbons (Fsp3) is 0.471. The molecule has 1 aromatic carbocycles. The van der Waals surface area contributed by atoms with Crippen molar-refractivity contribution in [1.29, 1.82) is 0 Å². The maximum Gasteiger partial charge on any atom is 0.255 e.